The first-order valence-electron chi connectivity index (χ1n) is 10.0. The Morgan fingerprint density at radius 2 is 1.78 bits per heavy atom. The quantitative estimate of drug-likeness (QED) is 0.480. The van der Waals surface area contributed by atoms with E-state index in [1.165, 1.54) is 40.9 Å². The second kappa shape index (κ2) is 8.19. The molecule has 2 fully saturated rings. The molecule has 1 aromatic carbocycles. The molecule has 0 bridgehead atoms. The van der Waals surface area contributed by atoms with Crippen LogP contribution in [-0.4, -0.2) is 66.8 Å². The van der Waals surface area contributed by atoms with Gasteiger partial charge in [0.1, 0.15) is 34.8 Å². The van der Waals surface area contributed by atoms with E-state index in [9.17, 15) is 29.4 Å². The van der Waals surface area contributed by atoms with E-state index in [1.54, 1.807) is 34.6 Å². The molecular formula is C21H27N3O7S. The van der Waals surface area contributed by atoms with Crippen LogP contribution in [0.15, 0.2) is 24.3 Å². The Hall–Kier alpha value is -2.95. The third-order valence-electron chi connectivity index (χ3n) is 5.12. The van der Waals surface area contributed by atoms with Crippen molar-refractivity contribution in [2.45, 2.75) is 68.5 Å². The van der Waals surface area contributed by atoms with Gasteiger partial charge in [0.2, 0.25) is 11.8 Å². The molecule has 11 heteroatoms. The van der Waals surface area contributed by atoms with Crippen molar-refractivity contribution < 1.29 is 34.1 Å². The molecule has 4 atom stereocenters. The van der Waals surface area contributed by atoms with Gasteiger partial charge in [-0.1, -0.05) is 12.1 Å². The number of carbonyl (C=O) groups is 4. The number of hydrogen-bond acceptors (Lipinski definition) is 7. The van der Waals surface area contributed by atoms with Gasteiger partial charge in [-0.2, -0.15) is 0 Å². The number of benzene rings is 1. The second-order valence-electron chi connectivity index (χ2n) is 9.26. The van der Waals surface area contributed by atoms with Gasteiger partial charge in [-0.3, -0.25) is 9.59 Å². The second-order valence-corrected chi connectivity index (χ2v) is 11.0. The lowest BCUT2D eigenvalue weighted by atomic mass is 9.95. The molecule has 0 aliphatic carbocycles. The van der Waals surface area contributed by atoms with Gasteiger partial charge in [0.25, 0.3) is 0 Å². The molecule has 0 radical (unpaired) electrons. The van der Waals surface area contributed by atoms with E-state index >= 15 is 0 Å². The molecule has 3 rings (SSSR count). The zero-order valence-corrected chi connectivity index (χ0v) is 19.2. The highest BCUT2D eigenvalue weighted by Gasteiger charge is 2.64. The molecule has 10 nitrogen and oxygen atoms in total. The molecule has 4 N–H and O–H groups in total. The number of aliphatic carboxylic acids is 1. The molecule has 1 aromatic rings. The fourth-order valence-electron chi connectivity index (χ4n) is 3.77. The number of thioether (sulfide) groups is 1. The van der Waals surface area contributed by atoms with Crippen molar-refractivity contribution in [3.8, 4) is 5.75 Å². The molecule has 0 spiro atoms. The summed E-state index contributed by atoms with van der Waals surface area (Å²) < 4.78 is 4.52. The zero-order chi connectivity index (χ0) is 24.0. The number of amides is 3. The Labute approximate surface area is 189 Å². The first kappa shape index (κ1) is 23.7. The summed E-state index contributed by atoms with van der Waals surface area (Å²) in [5.74, 6) is -2.26. The average Bonchev–Trinajstić information content (AvgIpc) is 2.91. The van der Waals surface area contributed by atoms with Gasteiger partial charge in [0.05, 0.1) is 0 Å². The summed E-state index contributed by atoms with van der Waals surface area (Å²) in [6, 6.07) is 2.58. The fourth-order valence-corrected chi connectivity index (χ4v) is 5.40. The number of nitrogens with zero attached hydrogens (tertiary/aromatic N) is 1. The minimum atomic E-state index is -1.19. The fraction of sp³-hybridized carbons (Fsp3) is 0.524. The summed E-state index contributed by atoms with van der Waals surface area (Å²) in [6.45, 7) is 8.53. The molecule has 1 unspecified atom stereocenters. The minimum Gasteiger partial charge on any atom is -0.508 e. The van der Waals surface area contributed by atoms with E-state index in [4.69, 9.17) is 4.74 Å². The number of ether oxygens (including phenoxy) is 1. The summed E-state index contributed by atoms with van der Waals surface area (Å²) in [5.41, 5.74) is -0.416. The normalized spacial score (nSPS) is 24.7. The number of aromatic hydroxyl groups is 1. The van der Waals surface area contributed by atoms with Crippen molar-refractivity contribution in [3.63, 3.8) is 0 Å². The smallest absolute Gasteiger partial charge is 0.408 e. The molecule has 2 aliphatic rings. The van der Waals surface area contributed by atoms with Crippen LogP contribution in [0.5, 0.6) is 5.75 Å². The van der Waals surface area contributed by atoms with E-state index in [1.807, 2.05) is 0 Å². The summed E-state index contributed by atoms with van der Waals surface area (Å²) in [5, 5.41) is 23.7. The van der Waals surface area contributed by atoms with Crippen molar-refractivity contribution in [2.24, 2.45) is 0 Å². The van der Waals surface area contributed by atoms with Crippen LogP contribution in [0.1, 0.15) is 46.2 Å². The lowest BCUT2D eigenvalue weighted by Gasteiger charge is -2.44. The van der Waals surface area contributed by atoms with E-state index in [0.29, 0.717) is 5.56 Å². The van der Waals surface area contributed by atoms with Crippen LogP contribution in [0.2, 0.25) is 0 Å². The SMILES string of the molecule is CC(C)(C)OC(=O)N[C@@H](C(=O)N[C@@H]1C(=O)N2C1SC(C)(C)[C@@H]2C(=O)O)c1ccc(O)cc1. The van der Waals surface area contributed by atoms with Gasteiger partial charge in [0.15, 0.2) is 0 Å². The number of alkyl carbamates (subject to hydrolysis) is 1. The molecule has 174 valence electrons. The van der Waals surface area contributed by atoms with Gasteiger partial charge in [-0.05, 0) is 52.3 Å². The van der Waals surface area contributed by atoms with Crippen LogP contribution in [0, 0.1) is 0 Å². The average molecular weight is 466 g/mol. The van der Waals surface area contributed by atoms with Crippen molar-refractivity contribution in [2.75, 3.05) is 0 Å². The predicted octanol–water partition coefficient (Wildman–Crippen LogP) is 1.59. The van der Waals surface area contributed by atoms with Crippen LogP contribution in [0.4, 0.5) is 4.79 Å². The van der Waals surface area contributed by atoms with Gasteiger partial charge in [-0.25, -0.2) is 9.59 Å². The minimum absolute atomic E-state index is 0.0145. The Morgan fingerprint density at radius 1 is 1.19 bits per heavy atom. The predicted molar refractivity (Wildman–Crippen MR) is 116 cm³/mol. The van der Waals surface area contributed by atoms with E-state index in [2.05, 4.69) is 10.6 Å². The summed E-state index contributed by atoms with van der Waals surface area (Å²) in [6.07, 6.45) is -0.824. The number of phenolic OH excluding ortho intramolecular Hbond substituents is 1. The van der Waals surface area contributed by atoms with E-state index in [-0.39, 0.29) is 5.75 Å². The van der Waals surface area contributed by atoms with Crippen molar-refractivity contribution in [1.29, 1.82) is 0 Å². The first-order valence-corrected chi connectivity index (χ1v) is 10.9. The zero-order valence-electron chi connectivity index (χ0n) is 18.4. The maximum Gasteiger partial charge on any atom is 0.408 e. The molecule has 32 heavy (non-hydrogen) atoms. The van der Waals surface area contributed by atoms with Gasteiger partial charge in [0, 0.05) is 4.75 Å². The van der Waals surface area contributed by atoms with Crippen LogP contribution in [-0.2, 0) is 19.1 Å². The number of fused-ring (bicyclic) bond motifs is 1. The highest BCUT2D eigenvalue weighted by molar-refractivity contribution is 8.01. The van der Waals surface area contributed by atoms with Crippen LogP contribution < -0.4 is 10.6 Å². The Kier molecular flexibility index (Phi) is 6.07. The first-order chi connectivity index (χ1) is 14.7. The molecule has 0 saturated carbocycles. The molecule has 0 aromatic heterocycles. The molecule has 3 amide bonds. The van der Waals surface area contributed by atoms with E-state index in [0.717, 1.165) is 0 Å². The Balaban J connectivity index is 1.79. The summed E-state index contributed by atoms with van der Waals surface area (Å²) in [4.78, 5) is 51.0. The van der Waals surface area contributed by atoms with Gasteiger partial charge in [-0.15, -0.1) is 11.8 Å². The van der Waals surface area contributed by atoms with E-state index < -0.39 is 57.7 Å². The van der Waals surface area contributed by atoms with Gasteiger partial charge >= 0.3 is 12.1 Å². The Bertz CT molecular complexity index is 942. The van der Waals surface area contributed by atoms with Crippen molar-refractivity contribution in [3.05, 3.63) is 29.8 Å². The van der Waals surface area contributed by atoms with Crippen molar-refractivity contribution >= 4 is 35.6 Å². The number of carboxylic acids is 1. The molecular weight excluding hydrogens is 438 g/mol. The molecule has 2 aliphatic heterocycles. The largest absolute Gasteiger partial charge is 0.508 e. The number of phenols is 1. The monoisotopic (exact) mass is 465 g/mol. The van der Waals surface area contributed by atoms with Crippen LogP contribution in [0.3, 0.4) is 0 Å². The number of β-lactam (4-membered cyclic amide) rings is 1. The van der Waals surface area contributed by atoms with Crippen LogP contribution in [0.25, 0.3) is 0 Å². The number of carbonyl (C=O) groups excluding carboxylic acids is 3. The molecule has 2 heterocycles. The lowest BCUT2D eigenvalue weighted by Crippen LogP contribution is -2.71. The highest BCUT2D eigenvalue weighted by Crippen LogP contribution is 2.50. The topological polar surface area (TPSA) is 145 Å². The van der Waals surface area contributed by atoms with Crippen LogP contribution >= 0.6 is 11.8 Å². The number of nitrogens with one attached hydrogen (secondary N) is 2. The number of rotatable bonds is 5. The molecule has 2 saturated heterocycles. The van der Waals surface area contributed by atoms with Gasteiger partial charge < -0.3 is 30.5 Å². The number of carboxylic acid groups (broad SMARTS) is 1. The lowest BCUT2D eigenvalue weighted by molar-refractivity contribution is -0.161. The standard InChI is InChI=1S/C21H27N3O7S/c1-20(2,3)31-19(30)23-12(10-6-8-11(25)9-7-10)15(26)22-13-16(27)24-14(18(28)29)21(4,5)32-17(13)24/h6-9,12-14,17,25H,1-5H3,(H,22,26)(H,23,30)(H,28,29)/t12-,13-,14+,17?/m1/s1. The third-order valence-corrected chi connectivity index (χ3v) is 6.69. The highest BCUT2D eigenvalue weighted by atomic mass is 32.2. The maximum atomic E-state index is 13.1. The van der Waals surface area contributed by atoms with Crippen molar-refractivity contribution in [1.82, 2.24) is 15.5 Å². The summed E-state index contributed by atoms with van der Waals surface area (Å²) in [7, 11) is 0. The Morgan fingerprint density at radius 3 is 2.31 bits per heavy atom. The summed E-state index contributed by atoms with van der Waals surface area (Å²) >= 11 is 1.30. The third kappa shape index (κ3) is 4.62. The maximum absolute atomic E-state index is 13.1. The number of hydrogen-bond donors (Lipinski definition) is 4.